The molecular formula is C11H16N2OS. The van der Waals surface area contributed by atoms with E-state index >= 15 is 0 Å². The number of hydrogen-bond donors (Lipinski definition) is 1. The number of benzene rings is 1. The molecule has 0 heterocycles. The van der Waals surface area contributed by atoms with Crippen molar-refractivity contribution >= 4 is 23.4 Å². The third-order valence-electron chi connectivity index (χ3n) is 1.96. The van der Waals surface area contributed by atoms with Crippen LogP contribution in [0.3, 0.4) is 0 Å². The highest BCUT2D eigenvalue weighted by molar-refractivity contribution is 7.99. The molecule has 82 valence electrons. The van der Waals surface area contributed by atoms with Gasteiger partial charge in [0.1, 0.15) is 0 Å². The molecule has 3 nitrogen and oxygen atoms in total. The van der Waals surface area contributed by atoms with Gasteiger partial charge in [-0.2, -0.15) is 0 Å². The van der Waals surface area contributed by atoms with Crippen LogP contribution >= 0.6 is 11.8 Å². The van der Waals surface area contributed by atoms with Gasteiger partial charge >= 0.3 is 0 Å². The normalized spacial score (nSPS) is 10.1. The summed E-state index contributed by atoms with van der Waals surface area (Å²) in [5.41, 5.74) is 7.17. The Morgan fingerprint density at radius 3 is 2.60 bits per heavy atom. The summed E-state index contributed by atoms with van der Waals surface area (Å²) in [6, 6.07) is 5.46. The zero-order chi connectivity index (χ0) is 11.4. The molecule has 0 spiro atoms. The van der Waals surface area contributed by atoms with E-state index in [0.717, 1.165) is 10.6 Å². The Hall–Kier alpha value is -1.16. The van der Waals surface area contributed by atoms with Crippen molar-refractivity contribution < 1.29 is 4.79 Å². The zero-order valence-electron chi connectivity index (χ0n) is 9.28. The third kappa shape index (κ3) is 2.89. The number of nitrogens with two attached hydrogens (primary N) is 1. The average Bonchev–Trinajstić information content (AvgIpc) is 2.20. The largest absolute Gasteiger partial charge is 0.398 e. The van der Waals surface area contributed by atoms with Crippen molar-refractivity contribution in [1.82, 2.24) is 4.90 Å². The molecule has 0 aliphatic rings. The average molecular weight is 224 g/mol. The van der Waals surface area contributed by atoms with Crippen LogP contribution < -0.4 is 5.73 Å². The molecule has 0 fully saturated rings. The van der Waals surface area contributed by atoms with Gasteiger partial charge in [0.15, 0.2) is 0 Å². The quantitative estimate of drug-likeness (QED) is 0.631. The second kappa shape index (κ2) is 5.07. The second-order valence-electron chi connectivity index (χ2n) is 3.39. The number of anilines is 1. The maximum absolute atomic E-state index is 11.6. The number of nitrogen functional groups attached to an aromatic ring is 1. The van der Waals surface area contributed by atoms with Gasteiger partial charge in [-0.15, -0.1) is 11.8 Å². The number of carbonyl (C=O) groups excluding carboxylic acids is 1. The number of hydrogen-bond acceptors (Lipinski definition) is 3. The monoisotopic (exact) mass is 224 g/mol. The van der Waals surface area contributed by atoms with E-state index in [4.69, 9.17) is 5.73 Å². The van der Waals surface area contributed by atoms with Gasteiger partial charge < -0.3 is 10.6 Å². The molecule has 0 radical (unpaired) electrons. The zero-order valence-corrected chi connectivity index (χ0v) is 10.1. The van der Waals surface area contributed by atoms with Gasteiger partial charge in [-0.1, -0.05) is 6.92 Å². The van der Waals surface area contributed by atoms with Gasteiger partial charge in [0, 0.05) is 30.2 Å². The minimum atomic E-state index is -0.0188. The molecule has 0 atom stereocenters. The molecule has 2 N–H and O–H groups in total. The van der Waals surface area contributed by atoms with E-state index in [9.17, 15) is 4.79 Å². The van der Waals surface area contributed by atoms with E-state index in [-0.39, 0.29) is 5.91 Å². The van der Waals surface area contributed by atoms with E-state index in [1.165, 1.54) is 0 Å². The molecule has 1 aromatic rings. The number of carbonyl (C=O) groups is 1. The topological polar surface area (TPSA) is 46.3 Å². The van der Waals surface area contributed by atoms with E-state index < -0.39 is 0 Å². The van der Waals surface area contributed by atoms with Crippen molar-refractivity contribution in [3.63, 3.8) is 0 Å². The number of nitrogens with zero attached hydrogens (tertiary/aromatic N) is 1. The van der Waals surface area contributed by atoms with E-state index in [1.54, 1.807) is 36.8 Å². The molecule has 0 unspecified atom stereocenters. The van der Waals surface area contributed by atoms with Gasteiger partial charge in [0.25, 0.3) is 5.91 Å². The van der Waals surface area contributed by atoms with E-state index in [2.05, 4.69) is 6.92 Å². The van der Waals surface area contributed by atoms with Crippen LogP contribution in [-0.4, -0.2) is 30.7 Å². The smallest absolute Gasteiger partial charge is 0.253 e. The maximum Gasteiger partial charge on any atom is 0.253 e. The third-order valence-corrected chi connectivity index (χ3v) is 2.93. The Kier molecular flexibility index (Phi) is 4.03. The van der Waals surface area contributed by atoms with Crippen molar-refractivity contribution in [3.05, 3.63) is 23.8 Å². The summed E-state index contributed by atoms with van der Waals surface area (Å²) in [6.45, 7) is 2.07. The van der Waals surface area contributed by atoms with Crippen molar-refractivity contribution in [2.45, 2.75) is 11.8 Å². The van der Waals surface area contributed by atoms with Crippen LogP contribution in [0.2, 0.25) is 0 Å². The van der Waals surface area contributed by atoms with Crippen LogP contribution in [0.15, 0.2) is 23.1 Å². The molecule has 15 heavy (non-hydrogen) atoms. The fraction of sp³-hybridized carbons (Fsp3) is 0.364. The standard InChI is InChI=1S/C11H16N2OS/c1-4-15-10-6-5-8(7-9(10)12)11(14)13(2)3/h5-7H,4,12H2,1-3H3. The molecule has 0 aromatic heterocycles. The molecule has 1 rings (SSSR count). The summed E-state index contributed by atoms with van der Waals surface area (Å²) < 4.78 is 0. The van der Waals surface area contributed by atoms with Gasteiger partial charge in [0.05, 0.1) is 0 Å². The van der Waals surface area contributed by atoms with Gasteiger partial charge in [-0.05, 0) is 24.0 Å². The Morgan fingerprint density at radius 1 is 1.47 bits per heavy atom. The lowest BCUT2D eigenvalue weighted by molar-refractivity contribution is 0.0827. The van der Waals surface area contributed by atoms with E-state index in [0.29, 0.717) is 11.3 Å². The summed E-state index contributed by atoms with van der Waals surface area (Å²) >= 11 is 1.68. The van der Waals surface area contributed by atoms with Gasteiger partial charge in [0.2, 0.25) is 0 Å². The van der Waals surface area contributed by atoms with Crippen molar-refractivity contribution in [1.29, 1.82) is 0 Å². The Labute approximate surface area is 94.6 Å². The van der Waals surface area contributed by atoms with Crippen molar-refractivity contribution in [2.75, 3.05) is 25.6 Å². The van der Waals surface area contributed by atoms with Gasteiger partial charge in [-0.3, -0.25) is 4.79 Å². The van der Waals surface area contributed by atoms with Crippen LogP contribution in [0.4, 0.5) is 5.69 Å². The fourth-order valence-corrected chi connectivity index (χ4v) is 1.93. The summed E-state index contributed by atoms with van der Waals surface area (Å²) in [5.74, 6) is 0.959. The second-order valence-corrected chi connectivity index (χ2v) is 4.69. The molecule has 0 saturated carbocycles. The lowest BCUT2D eigenvalue weighted by atomic mass is 10.2. The molecule has 0 saturated heterocycles. The van der Waals surface area contributed by atoms with Crippen LogP contribution in [0, 0.1) is 0 Å². The molecule has 0 aliphatic heterocycles. The molecular weight excluding hydrogens is 208 g/mol. The first-order valence-corrected chi connectivity index (χ1v) is 5.78. The summed E-state index contributed by atoms with van der Waals surface area (Å²) in [5, 5.41) is 0. The molecule has 1 amide bonds. The predicted octanol–water partition coefficient (Wildman–Crippen LogP) is 2.08. The number of rotatable bonds is 3. The Balaban J connectivity index is 2.96. The summed E-state index contributed by atoms with van der Waals surface area (Å²) in [7, 11) is 3.46. The number of amides is 1. The lowest BCUT2D eigenvalue weighted by Crippen LogP contribution is -2.21. The van der Waals surface area contributed by atoms with Crippen LogP contribution in [0.1, 0.15) is 17.3 Å². The highest BCUT2D eigenvalue weighted by Crippen LogP contribution is 2.25. The molecule has 0 aliphatic carbocycles. The van der Waals surface area contributed by atoms with E-state index in [1.807, 2.05) is 12.1 Å². The lowest BCUT2D eigenvalue weighted by Gasteiger charge is -2.11. The van der Waals surface area contributed by atoms with Crippen molar-refractivity contribution in [2.24, 2.45) is 0 Å². The summed E-state index contributed by atoms with van der Waals surface area (Å²) in [4.78, 5) is 14.2. The van der Waals surface area contributed by atoms with Crippen LogP contribution in [0.5, 0.6) is 0 Å². The summed E-state index contributed by atoms with van der Waals surface area (Å²) in [6.07, 6.45) is 0. The first-order valence-electron chi connectivity index (χ1n) is 4.80. The first-order chi connectivity index (χ1) is 7.06. The highest BCUT2D eigenvalue weighted by Gasteiger charge is 2.09. The highest BCUT2D eigenvalue weighted by atomic mass is 32.2. The molecule has 0 bridgehead atoms. The SMILES string of the molecule is CCSc1ccc(C(=O)N(C)C)cc1N. The minimum Gasteiger partial charge on any atom is -0.398 e. The Morgan fingerprint density at radius 2 is 2.13 bits per heavy atom. The van der Waals surface area contributed by atoms with Gasteiger partial charge in [-0.25, -0.2) is 0 Å². The Bertz CT molecular complexity index is 364. The minimum absolute atomic E-state index is 0.0188. The van der Waals surface area contributed by atoms with Crippen molar-refractivity contribution in [3.8, 4) is 0 Å². The van der Waals surface area contributed by atoms with Crippen LogP contribution in [-0.2, 0) is 0 Å². The number of thioether (sulfide) groups is 1. The fourth-order valence-electron chi connectivity index (χ4n) is 1.23. The predicted molar refractivity (Wildman–Crippen MR) is 65.3 cm³/mol. The molecule has 1 aromatic carbocycles. The first kappa shape index (κ1) is 11.9. The molecule has 4 heteroatoms. The van der Waals surface area contributed by atoms with Crippen LogP contribution in [0.25, 0.3) is 0 Å². The maximum atomic E-state index is 11.6.